The maximum atomic E-state index is 12.0. The van der Waals surface area contributed by atoms with Crippen LogP contribution in [0.15, 0.2) is 0 Å². The summed E-state index contributed by atoms with van der Waals surface area (Å²) in [7, 11) is 2.03. The standard InChI is InChI=1S/C15H30N2O2/c1-11(2)13(16-6)12-7-9-17(10-8-12)14(18)19-15(3,4)5/h11-13,16H,7-10H2,1-6H3. The Balaban J connectivity index is 2.46. The molecule has 1 heterocycles. The Hall–Kier alpha value is -0.770. The van der Waals surface area contributed by atoms with E-state index in [0.717, 1.165) is 25.9 Å². The lowest BCUT2D eigenvalue weighted by atomic mass is 9.83. The number of nitrogens with zero attached hydrogens (tertiary/aromatic N) is 1. The molecule has 1 saturated heterocycles. The summed E-state index contributed by atoms with van der Waals surface area (Å²) in [5, 5.41) is 3.42. The molecule has 112 valence electrons. The first-order valence-corrected chi connectivity index (χ1v) is 7.39. The summed E-state index contributed by atoms with van der Waals surface area (Å²) in [6, 6.07) is 0.542. The van der Waals surface area contributed by atoms with Crippen molar-refractivity contribution in [3.8, 4) is 0 Å². The van der Waals surface area contributed by atoms with Gasteiger partial charge in [-0.3, -0.25) is 0 Å². The number of hydrogen-bond acceptors (Lipinski definition) is 3. The molecule has 0 saturated carbocycles. The number of carbonyl (C=O) groups excluding carboxylic acids is 1. The fraction of sp³-hybridized carbons (Fsp3) is 0.933. The normalized spacial score (nSPS) is 19.6. The van der Waals surface area contributed by atoms with Gasteiger partial charge in [-0.05, 0) is 52.5 Å². The van der Waals surface area contributed by atoms with E-state index in [9.17, 15) is 4.79 Å². The molecule has 0 bridgehead atoms. The zero-order valence-electron chi connectivity index (χ0n) is 13.3. The van der Waals surface area contributed by atoms with Crippen LogP contribution < -0.4 is 5.32 Å². The quantitative estimate of drug-likeness (QED) is 0.857. The molecule has 19 heavy (non-hydrogen) atoms. The van der Waals surface area contributed by atoms with E-state index in [-0.39, 0.29) is 6.09 Å². The van der Waals surface area contributed by atoms with Gasteiger partial charge in [-0.15, -0.1) is 0 Å². The van der Waals surface area contributed by atoms with Crippen LogP contribution in [0.1, 0.15) is 47.5 Å². The van der Waals surface area contributed by atoms with Crippen molar-refractivity contribution in [3.05, 3.63) is 0 Å². The van der Waals surface area contributed by atoms with Crippen LogP contribution in [0, 0.1) is 11.8 Å². The number of ether oxygens (including phenoxy) is 1. The molecule has 1 aliphatic rings. The van der Waals surface area contributed by atoms with Gasteiger partial charge in [0.1, 0.15) is 5.60 Å². The number of hydrogen-bond donors (Lipinski definition) is 1. The van der Waals surface area contributed by atoms with Crippen LogP contribution >= 0.6 is 0 Å². The van der Waals surface area contributed by atoms with E-state index in [0.29, 0.717) is 17.9 Å². The molecule has 1 fully saturated rings. The molecule has 0 aromatic rings. The van der Waals surface area contributed by atoms with E-state index in [1.54, 1.807) is 0 Å². The second-order valence-electron chi connectivity index (χ2n) is 6.86. The van der Waals surface area contributed by atoms with Crippen LogP contribution in [0.5, 0.6) is 0 Å². The Morgan fingerprint density at radius 1 is 1.26 bits per heavy atom. The predicted octanol–water partition coefficient (Wildman–Crippen LogP) is 2.88. The minimum Gasteiger partial charge on any atom is -0.444 e. The fourth-order valence-electron chi connectivity index (χ4n) is 2.88. The minimum absolute atomic E-state index is 0.170. The molecule has 0 aromatic heterocycles. The monoisotopic (exact) mass is 270 g/mol. The summed E-state index contributed by atoms with van der Waals surface area (Å²) in [6.45, 7) is 11.9. The molecule has 0 aromatic carbocycles. The molecule has 1 amide bonds. The highest BCUT2D eigenvalue weighted by Gasteiger charge is 2.31. The Kier molecular flexibility index (Phi) is 5.65. The van der Waals surface area contributed by atoms with E-state index in [4.69, 9.17) is 4.74 Å². The third kappa shape index (κ3) is 5.01. The van der Waals surface area contributed by atoms with Gasteiger partial charge in [-0.2, -0.15) is 0 Å². The van der Waals surface area contributed by atoms with Gasteiger partial charge in [-0.25, -0.2) is 4.79 Å². The van der Waals surface area contributed by atoms with Gasteiger partial charge >= 0.3 is 6.09 Å². The van der Waals surface area contributed by atoms with Gasteiger partial charge in [0.25, 0.3) is 0 Å². The van der Waals surface area contributed by atoms with Gasteiger partial charge < -0.3 is 15.0 Å². The highest BCUT2D eigenvalue weighted by molar-refractivity contribution is 5.68. The second-order valence-corrected chi connectivity index (χ2v) is 6.86. The molecular weight excluding hydrogens is 240 g/mol. The van der Waals surface area contributed by atoms with Gasteiger partial charge in [-0.1, -0.05) is 13.8 Å². The third-order valence-corrected chi connectivity index (χ3v) is 3.75. The summed E-state index contributed by atoms with van der Waals surface area (Å²) in [5.41, 5.74) is -0.403. The molecule has 4 heteroatoms. The molecule has 1 unspecified atom stereocenters. The van der Waals surface area contributed by atoms with Gasteiger partial charge in [0.2, 0.25) is 0 Å². The average molecular weight is 270 g/mol. The lowest BCUT2D eigenvalue weighted by Crippen LogP contribution is -2.47. The van der Waals surface area contributed by atoms with E-state index in [1.165, 1.54) is 0 Å². The van der Waals surface area contributed by atoms with Crippen LogP contribution in [0.25, 0.3) is 0 Å². The van der Waals surface area contributed by atoms with Crippen molar-refractivity contribution >= 4 is 6.09 Å². The Morgan fingerprint density at radius 2 is 1.79 bits per heavy atom. The van der Waals surface area contributed by atoms with E-state index in [1.807, 2.05) is 32.7 Å². The topological polar surface area (TPSA) is 41.6 Å². The molecule has 0 spiro atoms. The van der Waals surface area contributed by atoms with Crippen LogP contribution in [-0.4, -0.2) is 42.8 Å². The molecule has 1 atom stereocenters. The smallest absolute Gasteiger partial charge is 0.410 e. The molecule has 1 N–H and O–H groups in total. The Morgan fingerprint density at radius 3 is 2.16 bits per heavy atom. The summed E-state index contributed by atoms with van der Waals surface area (Å²) in [6.07, 6.45) is 1.95. The van der Waals surface area contributed by atoms with Gasteiger partial charge in [0, 0.05) is 19.1 Å². The number of nitrogens with one attached hydrogen (secondary N) is 1. The SMILES string of the molecule is CNC(C(C)C)C1CCN(C(=O)OC(C)(C)C)CC1. The molecular formula is C15H30N2O2. The molecule has 0 aliphatic carbocycles. The zero-order valence-corrected chi connectivity index (χ0v) is 13.3. The lowest BCUT2D eigenvalue weighted by Gasteiger charge is -2.38. The van der Waals surface area contributed by atoms with Crippen LogP contribution in [0.2, 0.25) is 0 Å². The van der Waals surface area contributed by atoms with E-state index in [2.05, 4.69) is 19.2 Å². The number of piperidine rings is 1. The maximum absolute atomic E-state index is 12.0. The summed E-state index contributed by atoms with van der Waals surface area (Å²) >= 11 is 0. The van der Waals surface area contributed by atoms with Crippen molar-refractivity contribution in [1.29, 1.82) is 0 Å². The van der Waals surface area contributed by atoms with Crippen LogP contribution in [0.3, 0.4) is 0 Å². The van der Waals surface area contributed by atoms with Crippen molar-refractivity contribution in [2.24, 2.45) is 11.8 Å². The fourth-order valence-corrected chi connectivity index (χ4v) is 2.88. The lowest BCUT2D eigenvalue weighted by molar-refractivity contribution is 0.0162. The van der Waals surface area contributed by atoms with E-state index >= 15 is 0 Å². The highest BCUT2D eigenvalue weighted by Crippen LogP contribution is 2.25. The third-order valence-electron chi connectivity index (χ3n) is 3.75. The maximum Gasteiger partial charge on any atom is 0.410 e. The average Bonchev–Trinajstić information content (AvgIpc) is 2.28. The predicted molar refractivity (Wildman–Crippen MR) is 78.2 cm³/mol. The first kappa shape index (κ1) is 16.3. The van der Waals surface area contributed by atoms with Crippen molar-refractivity contribution in [3.63, 3.8) is 0 Å². The zero-order chi connectivity index (χ0) is 14.6. The number of carbonyl (C=O) groups is 1. The summed E-state index contributed by atoms with van der Waals surface area (Å²) < 4.78 is 5.42. The summed E-state index contributed by atoms with van der Waals surface area (Å²) in [5.74, 6) is 1.28. The second kappa shape index (κ2) is 6.60. The first-order valence-electron chi connectivity index (χ1n) is 7.39. The summed E-state index contributed by atoms with van der Waals surface area (Å²) in [4.78, 5) is 13.8. The Bertz CT molecular complexity index is 289. The first-order chi connectivity index (χ1) is 8.74. The van der Waals surface area contributed by atoms with Gasteiger partial charge in [0.05, 0.1) is 0 Å². The van der Waals surface area contributed by atoms with Crippen molar-refractivity contribution in [2.45, 2.75) is 59.1 Å². The van der Waals surface area contributed by atoms with Crippen LogP contribution in [-0.2, 0) is 4.74 Å². The number of amides is 1. The van der Waals surface area contributed by atoms with Crippen LogP contribution in [0.4, 0.5) is 4.79 Å². The van der Waals surface area contributed by atoms with Crippen molar-refractivity contribution in [1.82, 2.24) is 10.2 Å². The number of rotatable bonds is 3. The minimum atomic E-state index is -0.403. The largest absolute Gasteiger partial charge is 0.444 e. The van der Waals surface area contributed by atoms with Gasteiger partial charge in [0.15, 0.2) is 0 Å². The molecule has 1 rings (SSSR count). The van der Waals surface area contributed by atoms with E-state index < -0.39 is 5.60 Å². The molecule has 1 aliphatic heterocycles. The molecule has 4 nitrogen and oxygen atoms in total. The highest BCUT2D eigenvalue weighted by atomic mass is 16.6. The Labute approximate surface area is 117 Å². The number of likely N-dealkylation sites (tertiary alicyclic amines) is 1. The van der Waals surface area contributed by atoms with Crippen molar-refractivity contribution < 1.29 is 9.53 Å². The molecule has 0 radical (unpaired) electrons. The van der Waals surface area contributed by atoms with Crippen molar-refractivity contribution in [2.75, 3.05) is 20.1 Å².